The van der Waals surface area contributed by atoms with Gasteiger partial charge in [-0.05, 0) is 51.0 Å². The Hall–Kier alpha value is -1.81. The summed E-state index contributed by atoms with van der Waals surface area (Å²) in [5.41, 5.74) is 9.30. The summed E-state index contributed by atoms with van der Waals surface area (Å²) in [7, 11) is 0. The van der Waals surface area contributed by atoms with E-state index in [1.165, 1.54) is 5.69 Å². The van der Waals surface area contributed by atoms with Gasteiger partial charge in [0.1, 0.15) is 0 Å². The number of benzene rings is 1. The fourth-order valence-corrected chi connectivity index (χ4v) is 2.85. The number of anilines is 2. The number of nitrogens with two attached hydrogens (primary N) is 1. The molecule has 2 aromatic rings. The molecule has 1 aromatic heterocycles. The molecule has 106 valence electrons. The van der Waals surface area contributed by atoms with Gasteiger partial charge in [0.15, 0.2) is 0 Å². The van der Waals surface area contributed by atoms with Crippen molar-refractivity contribution >= 4 is 22.3 Å². The Morgan fingerprint density at radius 2 is 1.95 bits per heavy atom. The number of piperidine rings is 1. The van der Waals surface area contributed by atoms with Gasteiger partial charge in [-0.25, -0.2) is 0 Å². The van der Waals surface area contributed by atoms with Gasteiger partial charge < -0.3 is 15.7 Å². The first-order valence-electron chi connectivity index (χ1n) is 7.09. The predicted octanol–water partition coefficient (Wildman–Crippen LogP) is 2.48. The lowest BCUT2D eigenvalue weighted by Crippen LogP contribution is -2.42. The molecule has 3 N–H and O–H groups in total. The molecule has 0 atom stereocenters. The van der Waals surface area contributed by atoms with Crippen LogP contribution in [0.15, 0.2) is 24.3 Å². The largest absolute Gasteiger partial charge is 0.399 e. The lowest BCUT2D eigenvalue weighted by Gasteiger charge is -2.37. The second kappa shape index (κ2) is 4.63. The van der Waals surface area contributed by atoms with Gasteiger partial charge in [0, 0.05) is 35.5 Å². The molecular formula is C16H21N3O. The van der Waals surface area contributed by atoms with Crippen molar-refractivity contribution in [2.24, 2.45) is 0 Å². The Kier molecular flexibility index (Phi) is 3.05. The van der Waals surface area contributed by atoms with Crippen LogP contribution < -0.4 is 10.6 Å². The van der Waals surface area contributed by atoms with E-state index in [2.05, 4.69) is 16.0 Å². The van der Waals surface area contributed by atoms with E-state index in [0.717, 1.165) is 48.2 Å². The van der Waals surface area contributed by atoms with Crippen LogP contribution in [-0.2, 0) is 0 Å². The number of pyridine rings is 1. The minimum atomic E-state index is -0.534. The zero-order chi connectivity index (χ0) is 14.3. The van der Waals surface area contributed by atoms with E-state index >= 15 is 0 Å². The highest BCUT2D eigenvalue weighted by Crippen LogP contribution is 2.32. The summed E-state index contributed by atoms with van der Waals surface area (Å²) in [5, 5.41) is 11.2. The van der Waals surface area contributed by atoms with E-state index in [9.17, 15) is 5.11 Å². The van der Waals surface area contributed by atoms with Crippen LogP contribution in [0, 0.1) is 6.92 Å². The maximum Gasteiger partial charge on any atom is 0.0727 e. The van der Waals surface area contributed by atoms with Crippen molar-refractivity contribution in [3.8, 4) is 0 Å². The number of aromatic nitrogens is 1. The number of nitrogens with zero attached hydrogens (tertiary/aromatic N) is 2. The third-order valence-electron chi connectivity index (χ3n) is 4.12. The number of rotatable bonds is 1. The quantitative estimate of drug-likeness (QED) is 0.782. The highest BCUT2D eigenvalue weighted by molar-refractivity contribution is 5.94. The van der Waals surface area contributed by atoms with Gasteiger partial charge in [0.25, 0.3) is 0 Å². The number of nitrogen functional groups attached to an aromatic ring is 1. The Labute approximate surface area is 119 Å². The van der Waals surface area contributed by atoms with Crippen molar-refractivity contribution < 1.29 is 5.11 Å². The predicted molar refractivity (Wildman–Crippen MR) is 83.0 cm³/mol. The fraction of sp³-hybridized carbons (Fsp3) is 0.438. The van der Waals surface area contributed by atoms with Crippen LogP contribution in [0.1, 0.15) is 25.5 Å². The molecule has 0 saturated carbocycles. The van der Waals surface area contributed by atoms with Gasteiger partial charge in [0.05, 0.1) is 11.1 Å². The number of hydrogen-bond acceptors (Lipinski definition) is 4. The van der Waals surface area contributed by atoms with Crippen LogP contribution in [0.25, 0.3) is 10.9 Å². The van der Waals surface area contributed by atoms with Gasteiger partial charge in [0.2, 0.25) is 0 Å². The Morgan fingerprint density at radius 3 is 2.65 bits per heavy atom. The zero-order valence-corrected chi connectivity index (χ0v) is 12.1. The highest BCUT2D eigenvalue weighted by atomic mass is 16.3. The van der Waals surface area contributed by atoms with Crippen molar-refractivity contribution in [3.63, 3.8) is 0 Å². The summed E-state index contributed by atoms with van der Waals surface area (Å²) in [6.07, 6.45) is 1.58. The fourth-order valence-electron chi connectivity index (χ4n) is 2.85. The van der Waals surface area contributed by atoms with Gasteiger partial charge in [-0.15, -0.1) is 0 Å². The second-order valence-corrected chi connectivity index (χ2v) is 6.04. The molecule has 0 amide bonds. The van der Waals surface area contributed by atoms with Gasteiger partial charge in [-0.2, -0.15) is 0 Å². The Morgan fingerprint density at radius 1 is 1.25 bits per heavy atom. The van der Waals surface area contributed by atoms with E-state index in [4.69, 9.17) is 5.73 Å². The molecule has 3 rings (SSSR count). The molecule has 0 radical (unpaired) electrons. The van der Waals surface area contributed by atoms with Crippen LogP contribution in [0.2, 0.25) is 0 Å². The Balaban J connectivity index is 2.04. The van der Waals surface area contributed by atoms with Crippen LogP contribution in [-0.4, -0.2) is 28.8 Å². The summed E-state index contributed by atoms with van der Waals surface area (Å²) in [6.45, 7) is 5.65. The normalized spacial score (nSPS) is 18.4. The molecule has 4 heteroatoms. The van der Waals surface area contributed by atoms with Crippen LogP contribution in [0.3, 0.4) is 0 Å². The molecule has 0 spiro atoms. The molecule has 20 heavy (non-hydrogen) atoms. The van der Waals surface area contributed by atoms with Gasteiger partial charge in [-0.3, -0.25) is 4.98 Å². The molecule has 0 bridgehead atoms. The summed E-state index contributed by atoms with van der Waals surface area (Å²) in [4.78, 5) is 6.90. The summed E-state index contributed by atoms with van der Waals surface area (Å²) in [6, 6.07) is 7.96. The molecule has 1 saturated heterocycles. The average Bonchev–Trinajstić information content (AvgIpc) is 2.39. The topological polar surface area (TPSA) is 62.4 Å². The molecule has 0 aliphatic carbocycles. The molecular weight excluding hydrogens is 250 g/mol. The molecule has 2 heterocycles. The lowest BCUT2D eigenvalue weighted by molar-refractivity contribution is 0.0352. The van der Waals surface area contributed by atoms with Crippen molar-refractivity contribution in [3.05, 3.63) is 30.0 Å². The first kappa shape index (κ1) is 13.2. The third kappa shape index (κ3) is 2.43. The third-order valence-corrected chi connectivity index (χ3v) is 4.12. The molecule has 1 aliphatic heterocycles. The highest BCUT2D eigenvalue weighted by Gasteiger charge is 2.28. The smallest absolute Gasteiger partial charge is 0.0727 e. The summed E-state index contributed by atoms with van der Waals surface area (Å²) < 4.78 is 0. The number of aliphatic hydroxyl groups is 1. The van der Waals surface area contributed by atoms with Crippen molar-refractivity contribution in [1.82, 2.24) is 4.98 Å². The maximum atomic E-state index is 10.1. The van der Waals surface area contributed by atoms with E-state index in [-0.39, 0.29) is 0 Å². The number of aryl methyl sites for hydroxylation is 1. The number of hydrogen-bond donors (Lipinski definition) is 2. The molecule has 0 unspecified atom stereocenters. The first-order chi connectivity index (χ1) is 9.44. The van der Waals surface area contributed by atoms with E-state index < -0.39 is 5.60 Å². The minimum absolute atomic E-state index is 0.534. The number of fused-ring (bicyclic) bond motifs is 1. The maximum absolute atomic E-state index is 10.1. The van der Waals surface area contributed by atoms with Crippen molar-refractivity contribution in [1.29, 1.82) is 0 Å². The van der Waals surface area contributed by atoms with E-state index in [0.29, 0.717) is 0 Å². The van der Waals surface area contributed by atoms with E-state index in [1.54, 1.807) is 0 Å². The van der Waals surface area contributed by atoms with Crippen molar-refractivity contribution in [2.75, 3.05) is 23.7 Å². The van der Waals surface area contributed by atoms with Crippen LogP contribution >= 0.6 is 0 Å². The summed E-state index contributed by atoms with van der Waals surface area (Å²) >= 11 is 0. The Bertz CT molecular complexity index is 641. The molecule has 4 nitrogen and oxygen atoms in total. The summed E-state index contributed by atoms with van der Waals surface area (Å²) in [5.74, 6) is 0. The lowest BCUT2D eigenvalue weighted by atomic mass is 9.93. The van der Waals surface area contributed by atoms with E-state index in [1.807, 2.05) is 32.0 Å². The van der Waals surface area contributed by atoms with Crippen LogP contribution in [0.5, 0.6) is 0 Å². The standard InChI is InChI=1S/C16H21N3O/c1-11-9-15(19-7-5-16(2,20)6-8-19)13-10-12(17)3-4-14(13)18-11/h3-4,9-10,20H,5-8,17H2,1-2H3. The van der Waals surface area contributed by atoms with Crippen LogP contribution in [0.4, 0.5) is 11.4 Å². The average molecular weight is 271 g/mol. The van der Waals surface area contributed by atoms with Gasteiger partial charge >= 0.3 is 0 Å². The molecule has 1 fully saturated rings. The van der Waals surface area contributed by atoms with Crippen molar-refractivity contribution in [2.45, 2.75) is 32.3 Å². The monoisotopic (exact) mass is 271 g/mol. The minimum Gasteiger partial charge on any atom is -0.399 e. The second-order valence-electron chi connectivity index (χ2n) is 6.04. The van der Waals surface area contributed by atoms with Gasteiger partial charge in [-0.1, -0.05) is 0 Å². The molecule has 1 aliphatic rings. The first-order valence-corrected chi connectivity index (χ1v) is 7.09. The SMILES string of the molecule is Cc1cc(N2CCC(C)(O)CC2)c2cc(N)ccc2n1. The zero-order valence-electron chi connectivity index (χ0n) is 12.1. The molecule has 1 aromatic carbocycles.